The molecule has 3 atom stereocenters. The summed E-state index contributed by atoms with van der Waals surface area (Å²) in [5, 5.41) is 7.74. The van der Waals surface area contributed by atoms with E-state index in [-0.39, 0.29) is 11.9 Å². The Morgan fingerprint density at radius 1 is 1.24 bits per heavy atom. The number of allylic oxidation sites excluding steroid dienone is 2. The maximum Gasteiger partial charge on any atom is 0.224 e. The second-order valence-corrected chi connectivity index (χ2v) is 4.89. The van der Waals surface area contributed by atoms with Crippen molar-refractivity contribution in [2.75, 3.05) is 0 Å². The Hall–Kier alpha value is -1.35. The van der Waals surface area contributed by atoms with Crippen LogP contribution in [-0.4, -0.2) is 18.0 Å². The van der Waals surface area contributed by atoms with E-state index in [1.165, 1.54) is 6.42 Å². The van der Waals surface area contributed by atoms with Crippen LogP contribution in [0.5, 0.6) is 0 Å². The first-order chi connectivity index (χ1) is 8.33. The average molecular weight is 229 g/mol. The third-order valence-corrected chi connectivity index (χ3v) is 3.65. The van der Waals surface area contributed by atoms with Crippen LogP contribution in [0.15, 0.2) is 36.1 Å². The van der Waals surface area contributed by atoms with Crippen molar-refractivity contribution in [3.05, 3.63) is 41.4 Å². The molecule has 3 aliphatic rings. The minimum atomic E-state index is 0.0447. The molecule has 0 spiro atoms. The third-order valence-electron chi connectivity index (χ3n) is 3.65. The molecule has 0 saturated heterocycles. The lowest BCUT2D eigenvalue weighted by molar-refractivity contribution is -0.120. The molecule has 1 N–H and O–H groups in total. The summed E-state index contributed by atoms with van der Waals surface area (Å²) >= 11 is 0. The molecule has 0 radical (unpaired) electrons. The van der Waals surface area contributed by atoms with Gasteiger partial charge in [0.1, 0.15) is 0 Å². The summed E-state index contributed by atoms with van der Waals surface area (Å²) in [5.74, 6) is 0.684. The Morgan fingerprint density at radius 2 is 2.18 bits per heavy atom. The number of carbonyl (C=O) groups is 1. The van der Waals surface area contributed by atoms with Gasteiger partial charge in [-0.15, -0.1) is 18.2 Å². The minimum absolute atomic E-state index is 0.0447. The summed E-state index contributed by atoms with van der Waals surface area (Å²) < 4.78 is 0. The number of carbonyl (C=O) groups excluding carboxylic acids is 1. The minimum Gasteiger partial charge on any atom is -0.645 e. The van der Waals surface area contributed by atoms with Crippen molar-refractivity contribution in [2.24, 2.45) is 5.92 Å². The molecule has 0 saturated carbocycles. The molecular formula is C14H17N2O-. The smallest absolute Gasteiger partial charge is 0.224 e. The molecule has 0 aromatic rings. The maximum absolute atomic E-state index is 11.4. The molecule has 0 bridgehead atoms. The molecule has 1 aliphatic carbocycles. The molecule has 2 heterocycles. The van der Waals surface area contributed by atoms with Crippen LogP contribution in [0, 0.1) is 5.92 Å². The van der Waals surface area contributed by atoms with Crippen LogP contribution in [0.2, 0.25) is 0 Å². The zero-order valence-electron chi connectivity index (χ0n) is 9.80. The lowest BCUT2D eigenvalue weighted by Gasteiger charge is -2.46. The SMILES string of the molecule is O=C1CCC=C(C2C=CC3CCC=CC3[N-]2)N1. The van der Waals surface area contributed by atoms with Crippen molar-refractivity contribution >= 4 is 5.91 Å². The lowest BCUT2D eigenvalue weighted by Crippen LogP contribution is -2.35. The van der Waals surface area contributed by atoms with Gasteiger partial charge in [-0.2, -0.15) is 0 Å². The van der Waals surface area contributed by atoms with Gasteiger partial charge in [-0.1, -0.05) is 24.3 Å². The summed E-state index contributed by atoms with van der Waals surface area (Å²) in [6, 6.07) is 0.349. The number of fused-ring (bicyclic) bond motifs is 1. The molecule has 90 valence electrons. The van der Waals surface area contributed by atoms with Gasteiger partial charge in [0, 0.05) is 6.42 Å². The Bertz CT molecular complexity index is 408. The van der Waals surface area contributed by atoms with Gasteiger partial charge < -0.3 is 10.6 Å². The van der Waals surface area contributed by atoms with Crippen LogP contribution in [0.4, 0.5) is 0 Å². The summed E-state index contributed by atoms with van der Waals surface area (Å²) in [7, 11) is 0. The highest BCUT2D eigenvalue weighted by atomic mass is 16.1. The predicted octanol–water partition coefficient (Wildman–Crippen LogP) is 2.43. The van der Waals surface area contributed by atoms with Crippen LogP contribution in [0.3, 0.4) is 0 Å². The molecular weight excluding hydrogens is 212 g/mol. The van der Waals surface area contributed by atoms with E-state index in [4.69, 9.17) is 5.32 Å². The Balaban J connectivity index is 1.75. The van der Waals surface area contributed by atoms with Crippen LogP contribution in [0.25, 0.3) is 5.32 Å². The highest BCUT2D eigenvalue weighted by molar-refractivity contribution is 5.79. The number of hydrogen-bond acceptors (Lipinski definition) is 1. The molecule has 17 heavy (non-hydrogen) atoms. The second kappa shape index (κ2) is 4.49. The van der Waals surface area contributed by atoms with Gasteiger partial charge in [0.25, 0.3) is 0 Å². The standard InChI is InChI=1S/C14H17N2O/c17-14-7-3-6-12(16-14)13-9-8-10-4-1-2-5-11(10)15-13/h2,5-6,8-11,13H,1,3-4,7H2,(H,16,17)/q-1. The molecule has 0 fully saturated rings. The first kappa shape index (κ1) is 10.8. The normalized spacial score (nSPS) is 36.1. The predicted molar refractivity (Wildman–Crippen MR) is 67.4 cm³/mol. The fourth-order valence-electron chi connectivity index (χ4n) is 2.70. The van der Waals surface area contributed by atoms with E-state index in [0.29, 0.717) is 18.4 Å². The fourth-order valence-corrected chi connectivity index (χ4v) is 2.70. The van der Waals surface area contributed by atoms with E-state index in [0.717, 1.165) is 18.5 Å². The van der Waals surface area contributed by atoms with Gasteiger partial charge in [0.05, 0.1) is 0 Å². The van der Waals surface area contributed by atoms with E-state index in [2.05, 4.69) is 35.7 Å². The van der Waals surface area contributed by atoms with Crippen molar-refractivity contribution < 1.29 is 4.79 Å². The van der Waals surface area contributed by atoms with Gasteiger partial charge >= 0.3 is 0 Å². The van der Waals surface area contributed by atoms with Gasteiger partial charge in [-0.25, -0.2) is 0 Å². The second-order valence-electron chi connectivity index (χ2n) is 4.89. The molecule has 3 rings (SSSR count). The number of hydrogen-bond donors (Lipinski definition) is 1. The highest BCUT2D eigenvalue weighted by Gasteiger charge is 2.20. The van der Waals surface area contributed by atoms with Crippen LogP contribution in [0.1, 0.15) is 25.7 Å². The zero-order chi connectivity index (χ0) is 11.7. The number of nitrogens with zero attached hydrogens (tertiary/aromatic N) is 1. The molecule has 3 unspecified atom stereocenters. The topological polar surface area (TPSA) is 43.2 Å². The average Bonchev–Trinajstić information content (AvgIpc) is 2.38. The van der Waals surface area contributed by atoms with Gasteiger partial charge in [0.15, 0.2) is 0 Å². The summed E-state index contributed by atoms with van der Waals surface area (Å²) in [6.45, 7) is 0. The lowest BCUT2D eigenvalue weighted by atomic mass is 9.85. The van der Waals surface area contributed by atoms with E-state index < -0.39 is 0 Å². The molecule has 3 heteroatoms. The van der Waals surface area contributed by atoms with Crippen molar-refractivity contribution in [3.63, 3.8) is 0 Å². The van der Waals surface area contributed by atoms with Crippen LogP contribution < -0.4 is 5.32 Å². The molecule has 0 aromatic heterocycles. The fraction of sp³-hybridized carbons (Fsp3) is 0.500. The van der Waals surface area contributed by atoms with Gasteiger partial charge in [-0.05, 0) is 30.9 Å². The number of amides is 1. The summed E-state index contributed by atoms with van der Waals surface area (Å²) in [6.07, 6.45) is 14.7. The van der Waals surface area contributed by atoms with E-state index >= 15 is 0 Å². The molecule has 2 aliphatic heterocycles. The molecule has 1 amide bonds. The van der Waals surface area contributed by atoms with Gasteiger partial charge in [0.2, 0.25) is 5.91 Å². The van der Waals surface area contributed by atoms with E-state index in [1.807, 2.05) is 0 Å². The van der Waals surface area contributed by atoms with Gasteiger partial charge in [-0.3, -0.25) is 4.79 Å². The largest absolute Gasteiger partial charge is 0.645 e. The Kier molecular flexibility index (Phi) is 2.85. The molecule has 3 nitrogen and oxygen atoms in total. The maximum atomic E-state index is 11.4. The van der Waals surface area contributed by atoms with Crippen LogP contribution in [-0.2, 0) is 4.79 Å². The number of rotatable bonds is 1. The summed E-state index contributed by atoms with van der Waals surface area (Å²) in [4.78, 5) is 11.4. The Morgan fingerprint density at radius 3 is 3.06 bits per heavy atom. The highest BCUT2D eigenvalue weighted by Crippen LogP contribution is 2.33. The third kappa shape index (κ3) is 2.20. The van der Waals surface area contributed by atoms with E-state index in [9.17, 15) is 4.79 Å². The quantitative estimate of drug-likeness (QED) is 0.689. The summed E-state index contributed by atoms with van der Waals surface area (Å²) in [5.41, 5.74) is 0.968. The van der Waals surface area contributed by atoms with Crippen LogP contribution >= 0.6 is 0 Å². The van der Waals surface area contributed by atoms with E-state index in [1.54, 1.807) is 0 Å². The van der Waals surface area contributed by atoms with Crippen molar-refractivity contribution in [1.82, 2.24) is 5.32 Å². The Labute approximate surface area is 102 Å². The van der Waals surface area contributed by atoms with Crippen molar-refractivity contribution in [2.45, 2.75) is 37.8 Å². The monoisotopic (exact) mass is 229 g/mol. The zero-order valence-corrected chi connectivity index (χ0v) is 9.80. The first-order valence-electron chi connectivity index (χ1n) is 6.38. The van der Waals surface area contributed by atoms with Crippen molar-refractivity contribution in [3.8, 4) is 0 Å². The first-order valence-corrected chi connectivity index (χ1v) is 6.38. The number of nitrogens with one attached hydrogen (secondary N) is 1. The molecule has 0 aromatic carbocycles. The van der Waals surface area contributed by atoms with Crippen molar-refractivity contribution in [1.29, 1.82) is 0 Å².